The van der Waals surface area contributed by atoms with E-state index in [4.69, 9.17) is 5.73 Å². The lowest BCUT2D eigenvalue weighted by atomic mass is 10.2. The minimum absolute atomic E-state index is 0.108. The molecule has 0 amide bonds. The monoisotopic (exact) mass is 223 g/mol. The molecule has 3 heteroatoms. The largest absolute Gasteiger partial charge is 0.343 e. The molecule has 0 fully saturated rings. The molecule has 0 saturated heterocycles. The molecule has 1 aliphatic heterocycles. The van der Waals surface area contributed by atoms with Crippen molar-refractivity contribution in [1.29, 1.82) is 0 Å². The summed E-state index contributed by atoms with van der Waals surface area (Å²) in [7, 11) is 0. The number of nitrogens with two attached hydrogens (primary N) is 1. The minimum Gasteiger partial charge on any atom is -0.343 e. The Morgan fingerprint density at radius 2 is 2.19 bits per heavy atom. The number of hydrogen-bond acceptors (Lipinski definition) is 3. The van der Waals surface area contributed by atoms with Crippen LogP contribution in [0.4, 0.5) is 0 Å². The van der Waals surface area contributed by atoms with Crippen molar-refractivity contribution in [3.05, 3.63) is 12.2 Å². The van der Waals surface area contributed by atoms with Crippen LogP contribution >= 0.6 is 0 Å². The third-order valence-corrected chi connectivity index (χ3v) is 2.85. The lowest BCUT2D eigenvalue weighted by Crippen LogP contribution is -2.41. The Morgan fingerprint density at radius 1 is 1.44 bits per heavy atom. The molecular weight excluding hydrogens is 198 g/mol. The van der Waals surface area contributed by atoms with E-state index in [0.29, 0.717) is 0 Å². The molecule has 16 heavy (non-hydrogen) atoms. The van der Waals surface area contributed by atoms with Gasteiger partial charge in [0, 0.05) is 13.0 Å². The highest BCUT2D eigenvalue weighted by molar-refractivity contribution is 5.83. The summed E-state index contributed by atoms with van der Waals surface area (Å²) in [6.45, 7) is 6.15. The van der Waals surface area contributed by atoms with E-state index in [9.17, 15) is 0 Å². The number of rotatable bonds is 7. The van der Waals surface area contributed by atoms with Crippen molar-refractivity contribution in [3.8, 4) is 0 Å². The molecule has 2 N–H and O–H groups in total. The molecule has 0 bridgehead atoms. The molecule has 0 aromatic rings. The predicted octanol–water partition coefficient (Wildman–Crippen LogP) is 2.53. The summed E-state index contributed by atoms with van der Waals surface area (Å²) in [6.07, 6.45) is 10.5. The Hall–Kier alpha value is -0.830. The van der Waals surface area contributed by atoms with Gasteiger partial charge in [0.05, 0.1) is 12.7 Å². The Balaban J connectivity index is 2.17. The maximum Gasteiger partial charge on any atom is 0.100 e. The summed E-state index contributed by atoms with van der Waals surface area (Å²) < 4.78 is 0. The maximum atomic E-state index is 5.89. The Morgan fingerprint density at radius 3 is 2.88 bits per heavy atom. The lowest BCUT2D eigenvalue weighted by Gasteiger charge is -2.24. The average molecular weight is 223 g/mol. The Bertz CT molecular complexity index is 244. The molecule has 1 aliphatic rings. The Kier molecular flexibility index (Phi) is 6.16. The van der Waals surface area contributed by atoms with Crippen molar-refractivity contribution in [2.24, 2.45) is 10.7 Å². The lowest BCUT2D eigenvalue weighted by molar-refractivity contribution is 0.359. The van der Waals surface area contributed by atoms with Gasteiger partial charge in [0.15, 0.2) is 0 Å². The summed E-state index contributed by atoms with van der Waals surface area (Å²) in [5.41, 5.74) is 5.89. The van der Waals surface area contributed by atoms with Crippen LogP contribution < -0.4 is 5.73 Å². The number of hydrogen-bond donors (Lipinski definition) is 1. The molecule has 0 radical (unpaired) electrons. The van der Waals surface area contributed by atoms with Crippen LogP contribution in [-0.2, 0) is 0 Å². The van der Waals surface area contributed by atoms with Crippen molar-refractivity contribution in [1.82, 2.24) is 4.90 Å². The van der Waals surface area contributed by atoms with Crippen LogP contribution in [0, 0.1) is 0 Å². The molecule has 92 valence electrons. The van der Waals surface area contributed by atoms with E-state index < -0.39 is 0 Å². The fraction of sp³-hybridized carbons (Fsp3) is 0.769. The predicted molar refractivity (Wildman–Crippen MR) is 70.6 cm³/mol. The molecule has 0 spiro atoms. The van der Waals surface area contributed by atoms with E-state index in [-0.39, 0.29) is 6.17 Å². The second kappa shape index (κ2) is 7.44. The highest BCUT2D eigenvalue weighted by Gasteiger charge is 2.18. The zero-order valence-electron chi connectivity index (χ0n) is 10.7. The topological polar surface area (TPSA) is 41.6 Å². The number of aliphatic imine (C=N–C) groups is 1. The zero-order chi connectivity index (χ0) is 11.8. The third-order valence-electron chi connectivity index (χ3n) is 2.85. The molecule has 3 nitrogen and oxygen atoms in total. The van der Waals surface area contributed by atoms with Gasteiger partial charge in [0.1, 0.15) is 5.84 Å². The smallest absolute Gasteiger partial charge is 0.100 e. The molecule has 1 atom stereocenters. The third kappa shape index (κ3) is 4.35. The molecule has 0 aliphatic carbocycles. The number of allylic oxidation sites excluding steroid dienone is 2. The standard InChI is InChI=1S/C13H25N3/c1-3-4-5-6-7-8-9-13-15-10-11-16(13)12(2)14/h5-6,12H,3-4,7-11,14H2,1-2H3/b6-5+. The summed E-state index contributed by atoms with van der Waals surface area (Å²) in [5.74, 6) is 1.21. The SMILES string of the molecule is CCC/C=C/CCCC1=NCCN1C(C)N. The fourth-order valence-electron chi connectivity index (χ4n) is 1.95. The highest BCUT2D eigenvalue weighted by atomic mass is 15.3. The summed E-state index contributed by atoms with van der Waals surface area (Å²) in [4.78, 5) is 6.73. The van der Waals surface area contributed by atoms with E-state index >= 15 is 0 Å². The number of amidine groups is 1. The first-order chi connectivity index (χ1) is 7.75. The Labute approximate surface area is 99.4 Å². The van der Waals surface area contributed by atoms with Gasteiger partial charge in [-0.1, -0.05) is 25.5 Å². The summed E-state index contributed by atoms with van der Waals surface area (Å²) in [5, 5.41) is 0. The van der Waals surface area contributed by atoms with Crippen LogP contribution in [0.25, 0.3) is 0 Å². The first kappa shape index (κ1) is 13.2. The van der Waals surface area contributed by atoms with Gasteiger partial charge >= 0.3 is 0 Å². The minimum atomic E-state index is 0.108. The van der Waals surface area contributed by atoms with Gasteiger partial charge in [0.2, 0.25) is 0 Å². The van der Waals surface area contributed by atoms with E-state index in [2.05, 4.69) is 29.0 Å². The number of nitrogens with zero attached hydrogens (tertiary/aromatic N) is 2. The van der Waals surface area contributed by atoms with Gasteiger partial charge in [-0.2, -0.15) is 0 Å². The maximum absolute atomic E-state index is 5.89. The van der Waals surface area contributed by atoms with Crippen LogP contribution in [-0.4, -0.2) is 30.0 Å². The van der Waals surface area contributed by atoms with Gasteiger partial charge < -0.3 is 10.6 Å². The molecule has 1 unspecified atom stereocenters. The van der Waals surface area contributed by atoms with Crippen molar-refractivity contribution >= 4 is 5.84 Å². The van der Waals surface area contributed by atoms with Crippen LogP contribution in [0.3, 0.4) is 0 Å². The fourth-order valence-corrected chi connectivity index (χ4v) is 1.95. The van der Waals surface area contributed by atoms with E-state index in [1.54, 1.807) is 0 Å². The molecule has 0 aromatic carbocycles. The molecule has 1 rings (SSSR count). The molecule has 1 heterocycles. The van der Waals surface area contributed by atoms with Gasteiger partial charge in [-0.15, -0.1) is 0 Å². The van der Waals surface area contributed by atoms with Gasteiger partial charge in [-0.05, 0) is 26.2 Å². The summed E-state index contributed by atoms with van der Waals surface area (Å²) in [6, 6.07) is 0. The van der Waals surface area contributed by atoms with Gasteiger partial charge in [-0.3, -0.25) is 4.99 Å². The van der Waals surface area contributed by atoms with Crippen LogP contribution in [0.5, 0.6) is 0 Å². The average Bonchev–Trinajstić information content (AvgIpc) is 2.71. The second-order valence-electron chi connectivity index (χ2n) is 4.38. The van der Waals surface area contributed by atoms with E-state index in [1.807, 2.05) is 6.92 Å². The van der Waals surface area contributed by atoms with Crippen molar-refractivity contribution in [3.63, 3.8) is 0 Å². The molecular formula is C13H25N3. The van der Waals surface area contributed by atoms with E-state index in [1.165, 1.54) is 25.1 Å². The zero-order valence-corrected chi connectivity index (χ0v) is 10.7. The highest BCUT2D eigenvalue weighted by Crippen LogP contribution is 2.10. The second-order valence-corrected chi connectivity index (χ2v) is 4.38. The van der Waals surface area contributed by atoms with Crippen LogP contribution in [0.15, 0.2) is 17.1 Å². The van der Waals surface area contributed by atoms with Crippen molar-refractivity contribution in [2.45, 2.75) is 52.1 Å². The van der Waals surface area contributed by atoms with Crippen molar-refractivity contribution < 1.29 is 0 Å². The van der Waals surface area contributed by atoms with Crippen LogP contribution in [0.1, 0.15) is 46.0 Å². The van der Waals surface area contributed by atoms with Gasteiger partial charge in [0.25, 0.3) is 0 Å². The van der Waals surface area contributed by atoms with E-state index in [0.717, 1.165) is 25.9 Å². The first-order valence-corrected chi connectivity index (χ1v) is 6.46. The molecule has 0 aromatic heterocycles. The van der Waals surface area contributed by atoms with Crippen LogP contribution in [0.2, 0.25) is 0 Å². The van der Waals surface area contributed by atoms with Crippen molar-refractivity contribution in [2.75, 3.05) is 13.1 Å². The number of unbranched alkanes of at least 4 members (excludes halogenated alkanes) is 2. The van der Waals surface area contributed by atoms with Gasteiger partial charge in [-0.25, -0.2) is 0 Å². The summed E-state index contributed by atoms with van der Waals surface area (Å²) >= 11 is 0. The normalized spacial score (nSPS) is 18.2. The molecule has 0 saturated carbocycles. The first-order valence-electron chi connectivity index (χ1n) is 6.46. The quantitative estimate of drug-likeness (QED) is 0.532.